The maximum atomic E-state index is 9.35. The zero-order valence-electron chi connectivity index (χ0n) is 25.4. The van der Waals surface area contributed by atoms with E-state index < -0.39 is 16.2 Å². The Hall–Kier alpha value is -5.41. The van der Waals surface area contributed by atoms with E-state index in [2.05, 4.69) is 123 Å². The van der Waals surface area contributed by atoms with Gasteiger partial charge in [0.2, 0.25) is 0 Å². The van der Waals surface area contributed by atoms with Crippen LogP contribution in [-0.4, -0.2) is 25.1 Å². The van der Waals surface area contributed by atoms with Crippen molar-refractivity contribution < 1.29 is 0 Å². The van der Waals surface area contributed by atoms with Crippen molar-refractivity contribution in [3.8, 4) is 17.5 Å². The lowest BCUT2D eigenvalue weighted by atomic mass is 9.59. The molecule has 6 heteroatoms. The minimum absolute atomic E-state index is 0.323. The lowest BCUT2D eigenvalue weighted by Gasteiger charge is -2.45. The number of nitriles is 1. The van der Waals surface area contributed by atoms with Crippen LogP contribution in [0.15, 0.2) is 128 Å². The molecule has 44 heavy (non-hydrogen) atoms. The Morgan fingerprint density at radius 1 is 0.614 bits per heavy atom. The summed E-state index contributed by atoms with van der Waals surface area (Å²) in [5, 5.41) is 16.4. The maximum absolute atomic E-state index is 9.35. The predicted molar refractivity (Wildman–Crippen MR) is 173 cm³/mol. The number of nitrogens with one attached hydrogen (secondary N) is 1. The molecule has 4 heterocycles. The second-order valence-electron chi connectivity index (χ2n) is 11.9. The van der Waals surface area contributed by atoms with E-state index >= 15 is 0 Å². The highest BCUT2D eigenvalue weighted by molar-refractivity contribution is 5.57. The van der Waals surface area contributed by atoms with Crippen molar-refractivity contribution in [2.24, 2.45) is 0 Å². The Labute approximate surface area is 258 Å². The largest absolute Gasteiger partial charge is 0.275 e. The zero-order chi connectivity index (χ0) is 30.8. The summed E-state index contributed by atoms with van der Waals surface area (Å²) in [6.45, 7) is 8.93. The molecule has 0 fully saturated rings. The standard InChI is InChI=1S/C38H34N6/c1-36(2,27-15-7-5-8-16-27)38(4,34-22-13-19-30(41-34)31-25-29(26-39)43-44-31)35-23-14-21-33(42-35)37(3,28-17-9-6-10-18-28)32-20-11-12-24-40-32/h5-25H,1-4H3,(H,43,44). The highest BCUT2D eigenvalue weighted by Gasteiger charge is 2.48. The molecule has 0 aliphatic rings. The van der Waals surface area contributed by atoms with E-state index in [0.717, 1.165) is 28.3 Å². The fourth-order valence-corrected chi connectivity index (χ4v) is 6.14. The molecule has 2 atom stereocenters. The molecule has 6 nitrogen and oxygen atoms in total. The van der Waals surface area contributed by atoms with E-state index in [1.54, 1.807) is 6.07 Å². The topological polar surface area (TPSA) is 91.1 Å². The Bertz CT molecular complexity index is 1880. The number of H-pyrrole nitrogens is 1. The smallest absolute Gasteiger partial charge is 0.162 e. The van der Waals surface area contributed by atoms with Crippen LogP contribution < -0.4 is 0 Å². The van der Waals surface area contributed by atoms with Crippen molar-refractivity contribution in [3.63, 3.8) is 0 Å². The number of nitrogens with zero attached hydrogens (tertiary/aromatic N) is 5. The molecule has 0 spiro atoms. The molecule has 0 aliphatic carbocycles. The molecule has 0 amide bonds. The Kier molecular flexibility index (Phi) is 7.40. The number of benzene rings is 2. The first-order chi connectivity index (χ1) is 21.3. The summed E-state index contributed by atoms with van der Waals surface area (Å²) in [4.78, 5) is 15.5. The minimum Gasteiger partial charge on any atom is -0.275 e. The second-order valence-corrected chi connectivity index (χ2v) is 11.9. The number of hydrogen-bond acceptors (Lipinski definition) is 5. The maximum Gasteiger partial charge on any atom is 0.162 e. The third-order valence-electron chi connectivity index (χ3n) is 9.28. The van der Waals surface area contributed by atoms with Crippen molar-refractivity contribution in [1.29, 1.82) is 5.26 Å². The summed E-state index contributed by atoms with van der Waals surface area (Å²) in [5.74, 6) is 0. The van der Waals surface area contributed by atoms with E-state index in [9.17, 15) is 5.26 Å². The summed E-state index contributed by atoms with van der Waals surface area (Å²) in [6.07, 6.45) is 1.84. The van der Waals surface area contributed by atoms with Crippen LogP contribution in [0.3, 0.4) is 0 Å². The Morgan fingerprint density at radius 3 is 1.84 bits per heavy atom. The molecule has 4 aromatic heterocycles. The molecule has 0 aliphatic heterocycles. The van der Waals surface area contributed by atoms with Gasteiger partial charge in [-0.1, -0.05) is 92.7 Å². The van der Waals surface area contributed by atoms with Crippen LogP contribution in [0.2, 0.25) is 0 Å². The SMILES string of the molecule is CC(c1ccccc1)(c1ccccn1)c1cccc(C(C)(c2cccc(-c3cc(C#N)n[nH]3)n2)C(C)(C)c2ccccc2)n1. The van der Waals surface area contributed by atoms with Crippen LogP contribution in [0.4, 0.5) is 0 Å². The zero-order valence-corrected chi connectivity index (χ0v) is 25.4. The molecular formula is C38H34N6. The van der Waals surface area contributed by atoms with Gasteiger partial charge in [0.05, 0.1) is 45.0 Å². The van der Waals surface area contributed by atoms with Crippen LogP contribution in [0, 0.1) is 11.3 Å². The van der Waals surface area contributed by atoms with Gasteiger partial charge >= 0.3 is 0 Å². The Morgan fingerprint density at radius 2 is 1.20 bits per heavy atom. The average Bonchev–Trinajstić information content (AvgIpc) is 3.58. The Balaban J connectivity index is 1.59. The van der Waals surface area contributed by atoms with Crippen LogP contribution in [0.25, 0.3) is 11.4 Å². The van der Waals surface area contributed by atoms with Gasteiger partial charge < -0.3 is 0 Å². The number of hydrogen-bond donors (Lipinski definition) is 1. The van der Waals surface area contributed by atoms with Crippen molar-refractivity contribution in [2.45, 2.75) is 43.9 Å². The highest BCUT2D eigenvalue weighted by Crippen LogP contribution is 2.48. The molecule has 2 aromatic carbocycles. The van der Waals surface area contributed by atoms with Gasteiger partial charge in [0, 0.05) is 17.7 Å². The highest BCUT2D eigenvalue weighted by atomic mass is 15.1. The average molecular weight is 575 g/mol. The number of aromatic nitrogens is 5. The third kappa shape index (κ3) is 4.77. The van der Waals surface area contributed by atoms with Crippen molar-refractivity contribution >= 4 is 0 Å². The van der Waals surface area contributed by atoms with E-state index in [4.69, 9.17) is 15.0 Å². The molecule has 6 aromatic rings. The van der Waals surface area contributed by atoms with Crippen molar-refractivity contribution in [3.05, 3.63) is 167 Å². The van der Waals surface area contributed by atoms with Gasteiger partial charge in [0.15, 0.2) is 5.69 Å². The molecule has 0 saturated heterocycles. The molecule has 6 rings (SSSR count). The molecule has 0 radical (unpaired) electrons. The van der Waals surface area contributed by atoms with Gasteiger partial charge in [-0.05, 0) is 61.4 Å². The number of pyridine rings is 3. The summed E-state index contributed by atoms with van der Waals surface area (Å²) in [7, 11) is 0. The molecule has 0 bridgehead atoms. The lowest BCUT2D eigenvalue weighted by molar-refractivity contribution is 0.314. The van der Waals surface area contributed by atoms with Crippen LogP contribution >= 0.6 is 0 Å². The van der Waals surface area contributed by atoms with Gasteiger partial charge in [-0.25, -0.2) is 0 Å². The fraction of sp³-hybridized carbons (Fsp3) is 0.184. The van der Waals surface area contributed by atoms with Crippen LogP contribution in [0.5, 0.6) is 0 Å². The minimum atomic E-state index is -0.680. The number of aromatic amines is 1. The van der Waals surface area contributed by atoms with E-state index in [1.165, 1.54) is 5.56 Å². The van der Waals surface area contributed by atoms with Gasteiger partial charge in [-0.3, -0.25) is 20.1 Å². The second kappa shape index (κ2) is 11.3. The first-order valence-electron chi connectivity index (χ1n) is 14.7. The van der Waals surface area contributed by atoms with E-state index in [0.29, 0.717) is 17.1 Å². The summed E-state index contributed by atoms with van der Waals surface area (Å²) in [6, 6.07) is 43.1. The summed E-state index contributed by atoms with van der Waals surface area (Å²) in [5.41, 5.74) is 5.87. The first kappa shape index (κ1) is 28.7. The predicted octanol–water partition coefficient (Wildman–Crippen LogP) is 7.77. The molecular weight excluding hydrogens is 540 g/mol. The van der Waals surface area contributed by atoms with Gasteiger partial charge in [-0.15, -0.1) is 0 Å². The quantitative estimate of drug-likeness (QED) is 0.201. The third-order valence-corrected chi connectivity index (χ3v) is 9.28. The monoisotopic (exact) mass is 574 g/mol. The van der Waals surface area contributed by atoms with Gasteiger partial charge in [0.1, 0.15) is 6.07 Å². The summed E-state index contributed by atoms with van der Waals surface area (Å²) >= 11 is 0. The fourth-order valence-electron chi connectivity index (χ4n) is 6.14. The van der Waals surface area contributed by atoms with Crippen LogP contribution in [-0.2, 0) is 16.2 Å². The molecule has 216 valence electrons. The normalized spacial score (nSPS) is 14.2. The van der Waals surface area contributed by atoms with E-state index in [-0.39, 0.29) is 0 Å². The summed E-state index contributed by atoms with van der Waals surface area (Å²) < 4.78 is 0. The molecule has 2 unspecified atom stereocenters. The first-order valence-corrected chi connectivity index (χ1v) is 14.7. The van der Waals surface area contributed by atoms with Crippen molar-refractivity contribution in [2.75, 3.05) is 0 Å². The van der Waals surface area contributed by atoms with Gasteiger partial charge in [-0.2, -0.15) is 10.4 Å². The van der Waals surface area contributed by atoms with Gasteiger partial charge in [0.25, 0.3) is 0 Å². The van der Waals surface area contributed by atoms with Crippen molar-refractivity contribution in [1.82, 2.24) is 25.1 Å². The van der Waals surface area contributed by atoms with Crippen LogP contribution in [0.1, 0.15) is 67.3 Å². The molecule has 0 saturated carbocycles. The lowest BCUT2D eigenvalue weighted by Crippen LogP contribution is -2.45. The van der Waals surface area contributed by atoms with E-state index in [1.807, 2.05) is 42.6 Å². The number of rotatable bonds is 8. The molecule has 1 N–H and O–H groups in total.